The average Bonchev–Trinajstić information content (AvgIpc) is 3.28. The molecule has 0 aliphatic heterocycles. The maximum atomic E-state index is 14.1. The number of nitrogens with zero attached hydrogens (tertiary/aromatic N) is 3. The van der Waals surface area contributed by atoms with E-state index in [1.165, 1.54) is 20.3 Å². The first-order valence-electron chi connectivity index (χ1n) is 10.2. The first-order chi connectivity index (χ1) is 14.8. The van der Waals surface area contributed by atoms with Gasteiger partial charge >= 0.3 is 5.97 Å². The molecule has 0 bridgehead atoms. The first-order valence-corrected chi connectivity index (χ1v) is 10.2. The van der Waals surface area contributed by atoms with Crippen molar-refractivity contribution in [3.05, 3.63) is 53.6 Å². The Morgan fingerprint density at radius 1 is 1.16 bits per heavy atom. The van der Waals surface area contributed by atoms with Gasteiger partial charge in [-0.25, -0.2) is 4.39 Å². The third-order valence-corrected chi connectivity index (χ3v) is 5.73. The van der Waals surface area contributed by atoms with E-state index in [0.29, 0.717) is 6.42 Å². The average molecular weight is 423 g/mol. The SMILES string of the molecule is COC(=O)CCc1c(C(C)C)n(-c2ccc(F)c(OC)c2)c2cc3cnn(C)c3cc12. The Morgan fingerprint density at radius 2 is 1.94 bits per heavy atom. The van der Waals surface area contributed by atoms with Crippen LogP contribution in [0, 0.1) is 5.82 Å². The molecule has 0 saturated heterocycles. The number of esters is 1. The van der Waals surface area contributed by atoms with Crippen LogP contribution in [-0.2, 0) is 23.0 Å². The van der Waals surface area contributed by atoms with E-state index < -0.39 is 5.82 Å². The van der Waals surface area contributed by atoms with E-state index in [4.69, 9.17) is 9.47 Å². The molecule has 4 rings (SSSR count). The predicted octanol–water partition coefficient (Wildman–Crippen LogP) is 4.89. The highest BCUT2D eigenvalue weighted by atomic mass is 19.1. The van der Waals surface area contributed by atoms with E-state index in [0.717, 1.165) is 38.8 Å². The van der Waals surface area contributed by atoms with Gasteiger partial charge in [-0.05, 0) is 42.2 Å². The van der Waals surface area contributed by atoms with Crippen LogP contribution in [0.3, 0.4) is 0 Å². The van der Waals surface area contributed by atoms with Crippen molar-refractivity contribution in [2.24, 2.45) is 7.05 Å². The van der Waals surface area contributed by atoms with Crippen molar-refractivity contribution in [3.63, 3.8) is 0 Å². The van der Waals surface area contributed by atoms with Gasteiger partial charge in [0.25, 0.3) is 0 Å². The van der Waals surface area contributed by atoms with E-state index in [9.17, 15) is 9.18 Å². The minimum absolute atomic E-state index is 0.164. The van der Waals surface area contributed by atoms with Gasteiger partial charge in [0.05, 0.1) is 31.4 Å². The highest BCUT2D eigenvalue weighted by Gasteiger charge is 2.23. The maximum Gasteiger partial charge on any atom is 0.305 e. The van der Waals surface area contributed by atoms with E-state index in [1.54, 1.807) is 12.1 Å². The summed E-state index contributed by atoms with van der Waals surface area (Å²) < 4.78 is 28.2. The summed E-state index contributed by atoms with van der Waals surface area (Å²) in [5, 5.41) is 6.44. The minimum atomic E-state index is -0.408. The summed E-state index contributed by atoms with van der Waals surface area (Å²) >= 11 is 0. The molecule has 162 valence electrons. The molecule has 0 fully saturated rings. The van der Waals surface area contributed by atoms with Gasteiger partial charge in [0.15, 0.2) is 11.6 Å². The fourth-order valence-electron chi connectivity index (χ4n) is 4.28. The Labute approximate surface area is 180 Å². The molecule has 6 nitrogen and oxygen atoms in total. The molecule has 7 heteroatoms. The predicted molar refractivity (Wildman–Crippen MR) is 118 cm³/mol. The summed E-state index contributed by atoms with van der Waals surface area (Å²) in [5.74, 6) is -0.306. The van der Waals surface area contributed by atoms with Crippen molar-refractivity contribution in [1.29, 1.82) is 0 Å². The standard InChI is InChI=1S/C24H26FN3O3/c1-14(2)24-17(7-9-23(29)31-5)18-12-20-15(13-26-27(20)3)10-21(18)28(24)16-6-8-19(25)22(11-16)30-4/h6,8,10-14H,7,9H2,1-5H3. The minimum Gasteiger partial charge on any atom is -0.494 e. The third-order valence-electron chi connectivity index (χ3n) is 5.73. The summed E-state index contributed by atoms with van der Waals surface area (Å²) in [6.07, 6.45) is 2.66. The number of hydrogen-bond acceptors (Lipinski definition) is 4. The van der Waals surface area contributed by atoms with Crippen LogP contribution in [0.5, 0.6) is 5.75 Å². The molecule has 0 spiro atoms. The number of carbonyl (C=O) groups is 1. The Hall–Kier alpha value is -3.35. The van der Waals surface area contributed by atoms with Gasteiger partial charge in [-0.3, -0.25) is 9.48 Å². The van der Waals surface area contributed by atoms with Gasteiger partial charge in [-0.1, -0.05) is 13.8 Å². The van der Waals surface area contributed by atoms with Crippen LogP contribution in [0.1, 0.15) is 37.4 Å². The Kier molecular flexibility index (Phi) is 5.43. The van der Waals surface area contributed by atoms with Crippen LogP contribution in [0.15, 0.2) is 36.5 Å². The lowest BCUT2D eigenvalue weighted by Crippen LogP contribution is -2.07. The number of aryl methyl sites for hydroxylation is 2. The molecule has 0 aliphatic carbocycles. The second-order valence-corrected chi connectivity index (χ2v) is 7.95. The molecule has 0 unspecified atom stereocenters. The molecule has 2 aromatic heterocycles. The Balaban J connectivity index is 2.06. The third kappa shape index (κ3) is 3.54. The molecular weight excluding hydrogens is 397 g/mol. The highest BCUT2D eigenvalue weighted by Crippen LogP contribution is 2.38. The quantitative estimate of drug-likeness (QED) is 0.414. The first kappa shape index (κ1) is 20.9. The monoisotopic (exact) mass is 423 g/mol. The number of rotatable bonds is 6. The molecular formula is C24H26FN3O3. The van der Waals surface area contributed by atoms with Crippen molar-refractivity contribution in [3.8, 4) is 11.4 Å². The number of hydrogen-bond donors (Lipinski definition) is 0. The highest BCUT2D eigenvalue weighted by molar-refractivity contribution is 5.99. The van der Waals surface area contributed by atoms with Crippen LogP contribution >= 0.6 is 0 Å². The Bertz CT molecular complexity index is 1290. The lowest BCUT2D eigenvalue weighted by atomic mass is 9.99. The van der Waals surface area contributed by atoms with Gasteiger partial charge < -0.3 is 14.0 Å². The normalized spacial score (nSPS) is 11.6. The summed E-state index contributed by atoms with van der Waals surface area (Å²) in [7, 11) is 4.77. The van der Waals surface area contributed by atoms with E-state index >= 15 is 0 Å². The molecule has 0 saturated carbocycles. The molecule has 0 N–H and O–H groups in total. The van der Waals surface area contributed by atoms with Gasteiger partial charge in [-0.2, -0.15) is 5.10 Å². The van der Waals surface area contributed by atoms with E-state index in [-0.39, 0.29) is 24.1 Å². The zero-order valence-electron chi connectivity index (χ0n) is 18.4. The molecule has 0 aliphatic rings. The fourth-order valence-corrected chi connectivity index (χ4v) is 4.28. The van der Waals surface area contributed by atoms with Crippen molar-refractivity contribution in [1.82, 2.24) is 14.3 Å². The van der Waals surface area contributed by atoms with E-state index in [1.807, 2.05) is 17.9 Å². The van der Waals surface area contributed by atoms with Crippen LogP contribution < -0.4 is 4.74 Å². The van der Waals surface area contributed by atoms with Crippen LogP contribution in [0.25, 0.3) is 27.5 Å². The van der Waals surface area contributed by atoms with Crippen LogP contribution in [-0.4, -0.2) is 34.5 Å². The van der Waals surface area contributed by atoms with Gasteiger partial charge in [0, 0.05) is 41.7 Å². The molecule has 0 atom stereocenters. The molecule has 2 heterocycles. The summed E-state index contributed by atoms with van der Waals surface area (Å²) in [6.45, 7) is 4.24. The van der Waals surface area contributed by atoms with Crippen molar-refractivity contribution >= 4 is 27.8 Å². The van der Waals surface area contributed by atoms with Crippen molar-refractivity contribution < 1.29 is 18.7 Å². The second-order valence-electron chi connectivity index (χ2n) is 7.95. The van der Waals surface area contributed by atoms with Gasteiger partial charge in [0.2, 0.25) is 0 Å². The second kappa shape index (κ2) is 8.06. The Morgan fingerprint density at radius 3 is 2.61 bits per heavy atom. The van der Waals surface area contributed by atoms with Gasteiger partial charge in [-0.15, -0.1) is 0 Å². The molecule has 0 radical (unpaired) electrons. The van der Waals surface area contributed by atoms with E-state index in [2.05, 4.69) is 35.6 Å². The number of halogens is 1. The topological polar surface area (TPSA) is 58.3 Å². The number of aromatic nitrogens is 3. The fraction of sp³-hybridized carbons (Fsp3) is 0.333. The zero-order valence-corrected chi connectivity index (χ0v) is 18.4. The number of carbonyl (C=O) groups excluding carboxylic acids is 1. The summed E-state index contributed by atoms with van der Waals surface area (Å²) in [5.41, 5.74) is 4.96. The van der Waals surface area contributed by atoms with Gasteiger partial charge in [0.1, 0.15) is 0 Å². The summed E-state index contributed by atoms with van der Waals surface area (Å²) in [6, 6.07) is 9.09. The van der Waals surface area contributed by atoms with Crippen LogP contribution in [0.4, 0.5) is 4.39 Å². The largest absolute Gasteiger partial charge is 0.494 e. The lowest BCUT2D eigenvalue weighted by molar-refractivity contribution is -0.140. The van der Waals surface area contributed by atoms with Crippen molar-refractivity contribution in [2.75, 3.05) is 14.2 Å². The molecule has 0 amide bonds. The molecule has 31 heavy (non-hydrogen) atoms. The lowest BCUT2D eigenvalue weighted by Gasteiger charge is -2.16. The number of fused-ring (bicyclic) bond motifs is 2. The van der Waals surface area contributed by atoms with Crippen molar-refractivity contribution in [2.45, 2.75) is 32.6 Å². The number of methoxy groups -OCH3 is 2. The molecule has 4 aromatic rings. The maximum absolute atomic E-state index is 14.1. The number of benzene rings is 2. The summed E-state index contributed by atoms with van der Waals surface area (Å²) in [4.78, 5) is 11.9. The smallest absolute Gasteiger partial charge is 0.305 e. The zero-order chi connectivity index (χ0) is 22.3. The molecule has 2 aromatic carbocycles. The van der Waals surface area contributed by atoms with Crippen LogP contribution in [0.2, 0.25) is 0 Å². The number of ether oxygens (including phenoxy) is 2.